The average Bonchev–Trinajstić information content (AvgIpc) is 2.64. The first kappa shape index (κ1) is 17.7. The van der Waals surface area contributed by atoms with Crippen molar-refractivity contribution in [3.8, 4) is 5.75 Å². The Morgan fingerprint density at radius 1 is 0.808 bits per heavy atom. The van der Waals surface area contributed by atoms with E-state index < -0.39 is 5.97 Å². The highest BCUT2D eigenvalue weighted by Gasteiger charge is 2.16. The smallest absolute Gasteiger partial charge is 0.307 e. The quantitative estimate of drug-likeness (QED) is 0.605. The summed E-state index contributed by atoms with van der Waals surface area (Å²) in [7, 11) is 0. The molecule has 3 nitrogen and oxygen atoms in total. The summed E-state index contributed by atoms with van der Waals surface area (Å²) in [6.07, 6.45) is -0.379. The SMILES string of the molecule is CC(CC(=O)O)Oc1ccc(C(c2ccccc2)c2ccccc2)cc1. The highest BCUT2D eigenvalue weighted by Crippen LogP contribution is 2.32. The minimum Gasteiger partial charge on any atom is -0.490 e. The molecule has 1 N–H and O–H groups in total. The Morgan fingerprint density at radius 2 is 1.27 bits per heavy atom. The molecule has 0 fully saturated rings. The van der Waals surface area contributed by atoms with Crippen LogP contribution in [0.25, 0.3) is 0 Å². The third kappa shape index (κ3) is 4.51. The lowest BCUT2D eigenvalue weighted by Crippen LogP contribution is -2.16. The summed E-state index contributed by atoms with van der Waals surface area (Å²) in [4.78, 5) is 10.8. The van der Waals surface area contributed by atoms with E-state index in [9.17, 15) is 4.79 Å². The van der Waals surface area contributed by atoms with Gasteiger partial charge in [0.2, 0.25) is 0 Å². The highest BCUT2D eigenvalue weighted by molar-refractivity contribution is 5.67. The van der Waals surface area contributed by atoms with Gasteiger partial charge in [-0.1, -0.05) is 72.8 Å². The van der Waals surface area contributed by atoms with Gasteiger partial charge in [0.05, 0.1) is 6.42 Å². The summed E-state index contributed by atoms with van der Waals surface area (Å²) < 4.78 is 5.69. The Kier molecular flexibility index (Phi) is 5.69. The predicted molar refractivity (Wildman–Crippen MR) is 103 cm³/mol. The second-order valence-corrected chi connectivity index (χ2v) is 6.35. The minimum atomic E-state index is -0.859. The summed E-state index contributed by atoms with van der Waals surface area (Å²) in [6.45, 7) is 1.76. The molecule has 26 heavy (non-hydrogen) atoms. The van der Waals surface area contributed by atoms with Crippen molar-refractivity contribution in [1.29, 1.82) is 0 Å². The summed E-state index contributed by atoms with van der Waals surface area (Å²) in [5.41, 5.74) is 3.62. The van der Waals surface area contributed by atoms with E-state index in [4.69, 9.17) is 9.84 Å². The second-order valence-electron chi connectivity index (χ2n) is 6.35. The Bertz CT molecular complexity index is 787. The molecule has 0 aromatic heterocycles. The van der Waals surface area contributed by atoms with Crippen molar-refractivity contribution in [2.45, 2.75) is 25.4 Å². The van der Waals surface area contributed by atoms with Crippen LogP contribution >= 0.6 is 0 Å². The molecule has 0 amide bonds. The van der Waals surface area contributed by atoms with Crippen LogP contribution in [0.3, 0.4) is 0 Å². The van der Waals surface area contributed by atoms with Gasteiger partial charge in [0, 0.05) is 5.92 Å². The van der Waals surface area contributed by atoms with E-state index >= 15 is 0 Å². The molecule has 0 heterocycles. The van der Waals surface area contributed by atoms with E-state index in [1.807, 2.05) is 36.4 Å². The Labute approximate surface area is 153 Å². The van der Waals surface area contributed by atoms with Crippen molar-refractivity contribution >= 4 is 5.97 Å². The number of hydrogen-bond donors (Lipinski definition) is 1. The number of aliphatic carboxylic acids is 1. The molecule has 0 saturated carbocycles. The van der Waals surface area contributed by atoms with Crippen LogP contribution in [0.1, 0.15) is 36.0 Å². The molecule has 132 valence electrons. The maximum Gasteiger partial charge on any atom is 0.307 e. The van der Waals surface area contributed by atoms with E-state index in [0.29, 0.717) is 5.75 Å². The maximum atomic E-state index is 10.8. The van der Waals surface area contributed by atoms with E-state index in [-0.39, 0.29) is 18.4 Å². The lowest BCUT2D eigenvalue weighted by molar-refractivity contribution is -0.138. The standard InChI is InChI=1S/C23H22O3/c1-17(16-22(24)25)26-21-14-12-20(13-15-21)23(18-8-4-2-5-9-18)19-10-6-3-7-11-19/h2-15,17,23H,16H2,1H3,(H,24,25). The van der Waals surface area contributed by atoms with E-state index in [1.54, 1.807) is 6.92 Å². The van der Waals surface area contributed by atoms with Gasteiger partial charge in [0.15, 0.2) is 0 Å². The van der Waals surface area contributed by atoms with Crippen molar-refractivity contribution in [3.05, 3.63) is 102 Å². The van der Waals surface area contributed by atoms with Crippen LogP contribution in [0.2, 0.25) is 0 Å². The van der Waals surface area contributed by atoms with Crippen molar-refractivity contribution in [2.24, 2.45) is 0 Å². The van der Waals surface area contributed by atoms with Crippen LogP contribution in [-0.4, -0.2) is 17.2 Å². The number of rotatable bonds is 7. The molecule has 0 aliphatic heterocycles. The Hall–Kier alpha value is -3.07. The number of ether oxygens (including phenoxy) is 1. The molecule has 3 rings (SSSR count). The summed E-state index contributed by atoms with van der Waals surface area (Å²) in [5, 5.41) is 8.85. The highest BCUT2D eigenvalue weighted by atomic mass is 16.5. The molecular formula is C23H22O3. The average molecular weight is 346 g/mol. The first-order valence-electron chi connectivity index (χ1n) is 8.72. The largest absolute Gasteiger partial charge is 0.490 e. The minimum absolute atomic E-state index is 0.0155. The van der Waals surface area contributed by atoms with Crippen LogP contribution in [0, 0.1) is 0 Å². The molecule has 0 spiro atoms. The fraction of sp³-hybridized carbons (Fsp3) is 0.174. The Balaban J connectivity index is 1.87. The molecule has 3 heteroatoms. The molecule has 0 saturated heterocycles. The van der Waals surface area contributed by atoms with Crippen LogP contribution in [0.15, 0.2) is 84.9 Å². The van der Waals surface area contributed by atoms with E-state index in [2.05, 4.69) is 48.5 Å². The lowest BCUT2D eigenvalue weighted by Gasteiger charge is -2.20. The topological polar surface area (TPSA) is 46.5 Å². The zero-order valence-electron chi connectivity index (χ0n) is 14.7. The van der Waals surface area contributed by atoms with Gasteiger partial charge in [0.25, 0.3) is 0 Å². The van der Waals surface area contributed by atoms with Crippen LogP contribution in [0.5, 0.6) is 5.75 Å². The lowest BCUT2D eigenvalue weighted by atomic mass is 9.85. The van der Waals surface area contributed by atoms with Gasteiger partial charge in [-0.3, -0.25) is 4.79 Å². The normalized spacial score (nSPS) is 11.9. The Morgan fingerprint density at radius 3 is 1.73 bits per heavy atom. The summed E-state index contributed by atoms with van der Waals surface area (Å²) in [6, 6.07) is 28.7. The molecule has 1 unspecified atom stereocenters. The first-order valence-corrected chi connectivity index (χ1v) is 8.72. The third-order valence-electron chi connectivity index (χ3n) is 4.28. The molecule has 0 bridgehead atoms. The predicted octanol–water partition coefficient (Wildman–Crippen LogP) is 5.11. The number of benzene rings is 3. The van der Waals surface area contributed by atoms with Gasteiger partial charge in [0.1, 0.15) is 11.9 Å². The number of hydrogen-bond acceptors (Lipinski definition) is 2. The van der Waals surface area contributed by atoms with E-state index in [1.165, 1.54) is 16.7 Å². The second kappa shape index (κ2) is 8.34. The number of carboxylic acid groups (broad SMARTS) is 1. The zero-order valence-corrected chi connectivity index (χ0v) is 14.7. The molecule has 3 aromatic carbocycles. The summed E-state index contributed by atoms with van der Waals surface area (Å²) >= 11 is 0. The molecule has 1 atom stereocenters. The van der Waals surface area contributed by atoms with Gasteiger partial charge in [-0.25, -0.2) is 0 Å². The van der Waals surface area contributed by atoms with Gasteiger partial charge >= 0.3 is 5.97 Å². The van der Waals surface area contributed by atoms with Crippen LogP contribution in [-0.2, 0) is 4.79 Å². The fourth-order valence-corrected chi connectivity index (χ4v) is 3.13. The molecule has 0 aliphatic carbocycles. The maximum absolute atomic E-state index is 10.8. The fourth-order valence-electron chi connectivity index (χ4n) is 3.13. The molecule has 0 aliphatic rings. The zero-order chi connectivity index (χ0) is 18.4. The summed E-state index contributed by atoms with van der Waals surface area (Å²) in [5.74, 6) is -0.0346. The van der Waals surface area contributed by atoms with Gasteiger partial charge < -0.3 is 9.84 Å². The van der Waals surface area contributed by atoms with Gasteiger partial charge in [-0.2, -0.15) is 0 Å². The van der Waals surface area contributed by atoms with Crippen LogP contribution in [0.4, 0.5) is 0 Å². The van der Waals surface area contributed by atoms with Crippen molar-refractivity contribution < 1.29 is 14.6 Å². The molecule has 3 aromatic rings. The number of carboxylic acids is 1. The molecular weight excluding hydrogens is 324 g/mol. The van der Waals surface area contributed by atoms with Crippen molar-refractivity contribution in [3.63, 3.8) is 0 Å². The van der Waals surface area contributed by atoms with E-state index in [0.717, 1.165) is 0 Å². The van der Waals surface area contributed by atoms with Gasteiger partial charge in [-0.05, 0) is 35.7 Å². The molecule has 0 radical (unpaired) electrons. The van der Waals surface area contributed by atoms with Gasteiger partial charge in [-0.15, -0.1) is 0 Å². The van der Waals surface area contributed by atoms with Crippen molar-refractivity contribution in [1.82, 2.24) is 0 Å². The monoisotopic (exact) mass is 346 g/mol. The van der Waals surface area contributed by atoms with Crippen molar-refractivity contribution in [2.75, 3.05) is 0 Å². The van der Waals surface area contributed by atoms with Crippen LogP contribution < -0.4 is 4.74 Å². The third-order valence-corrected chi connectivity index (χ3v) is 4.28. The first-order chi connectivity index (χ1) is 12.6. The number of carbonyl (C=O) groups is 1.